The SMILES string of the molecule is N#Cc1c(F)c(F)c(Nc2c(F)c(F)cc(F)c2F)c(F)c1C#N. The van der Waals surface area contributed by atoms with E-state index in [1.54, 1.807) is 0 Å². The number of nitriles is 2. The standard InChI is InChI=1S/C14H2F7N3/c15-6-1-7(16)11(20)14(10(6)19)24-13-9(18)5(3-23)4(2-22)8(17)12(13)21/h1,24H. The molecule has 0 bridgehead atoms. The summed E-state index contributed by atoms with van der Waals surface area (Å²) in [5, 5.41) is 18.7. The van der Waals surface area contributed by atoms with Crippen LogP contribution in [0, 0.1) is 63.4 Å². The Labute approximate surface area is 129 Å². The van der Waals surface area contributed by atoms with E-state index >= 15 is 0 Å². The van der Waals surface area contributed by atoms with E-state index in [0.29, 0.717) is 0 Å². The van der Waals surface area contributed by atoms with Gasteiger partial charge in [-0.25, -0.2) is 30.7 Å². The van der Waals surface area contributed by atoms with Crippen LogP contribution in [0.2, 0.25) is 0 Å². The third-order valence-corrected chi connectivity index (χ3v) is 2.91. The summed E-state index contributed by atoms with van der Waals surface area (Å²) in [7, 11) is 0. The monoisotopic (exact) mass is 345 g/mol. The molecule has 0 atom stereocenters. The zero-order chi connectivity index (χ0) is 18.2. The molecule has 0 aliphatic heterocycles. The highest BCUT2D eigenvalue weighted by Crippen LogP contribution is 2.33. The van der Waals surface area contributed by atoms with Crippen molar-refractivity contribution in [1.82, 2.24) is 0 Å². The Kier molecular flexibility index (Phi) is 4.33. The summed E-state index contributed by atoms with van der Waals surface area (Å²) in [5.74, 6) is -13.8. The van der Waals surface area contributed by atoms with Gasteiger partial charge >= 0.3 is 0 Å². The third kappa shape index (κ3) is 2.48. The van der Waals surface area contributed by atoms with Gasteiger partial charge in [0.15, 0.2) is 40.7 Å². The van der Waals surface area contributed by atoms with Gasteiger partial charge in [-0.1, -0.05) is 0 Å². The zero-order valence-corrected chi connectivity index (χ0v) is 11.1. The van der Waals surface area contributed by atoms with Gasteiger partial charge in [0.2, 0.25) is 0 Å². The maximum Gasteiger partial charge on any atom is 0.186 e. The van der Waals surface area contributed by atoms with Crippen LogP contribution in [0.3, 0.4) is 0 Å². The number of hydrogen-bond donors (Lipinski definition) is 1. The minimum Gasteiger partial charge on any atom is -0.346 e. The highest BCUT2D eigenvalue weighted by molar-refractivity contribution is 5.67. The lowest BCUT2D eigenvalue weighted by Gasteiger charge is -2.13. The molecule has 0 aliphatic carbocycles. The maximum atomic E-state index is 14.0. The van der Waals surface area contributed by atoms with Gasteiger partial charge in [0, 0.05) is 6.07 Å². The largest absolute Gasteiger partial charge is 0.346 e. The van der Waals surface area contributed by atoms with Crippen molar-refractivity contribution in [1.29, 1.82) is 10.5 Å². The van der Waals surface area contributed by atoms with Gasteiger partial charge < -0.3 is 5.32 Å². The molecular formula is C14H2F7N3. The Morgan fingerprint density at radius 2 is 1.04 bits per heavy atom. The lowest BCUT2D eigenvalue weighted by atomic mass is 10.1. The van der Waals surface area contributed by atoms with Gasteiger partial charge in [-0.3, -0.25) is 0 Å². The van der Waals surface area contributed by atoms with Crippen molar-refractivity contribution in [3.05, 3.63) is 57.9 Å². The molecule has 122 valence electrons. The topological polar surface area (TPSA) is 59.6 Å². The van der Waals surface area contributed by atoms with E-state index in [0.717, 1.165) is 12.1 Å². The number of nitrogens with one attached hydrogen (secondary N) is 1. The fraction of sp³-hybridized carbons (Fsp3) is 0. The molecule has 24 heavy (non-hydrogen) atoms. The average molecular weight is 345 g/mol. The second-order valence-electron chi connectivity index (χ2n) is 4.26. The lowest BCUT2D eigenvalue weighted by Crippen LogP contribution is -2.09. The first-order valence-corrected chi connectivity index (χ1v) is 5.85. The molecule has 0 amide bonds. The van der Waals surface area contributed by atoms with E-state index in [9.17, 15) is 30.7 Å². The predicted molar refractivity (Wildman–Crippen MR) is 65.3 cm³/mol. The van der Waals surface area contributed by atoms with Crippen LogP contribution in [0.4, 0.5) is 42.1 Å². The molecular weight excluding hydrogens is 343 g/mol. The smallest absolute Gasteiger partial charge is 0.186 e. The first-order valence-electron chi connectivity index (χ1n) is 5.85. The van der Waals surface area contributed by atoms with Gasteiger partial charge in [0.25, 0.3) is 0 Å². The van der Waals surface area contributed by atoms with Crippen molar-refractivity contribution in [2.24, 2.45) is 0 Å². The molecule has 0 aromatic heterocycles. The summed E-state index contributed by atoms with van der Waals surface area (Å²) >= 11 is 0. The van der Waals surface area contributed by atoms with Crippen LogP contribution < -0.4 is 5.32 Å². The first kappa shape index (κ1) is 17.1. The summed E-state index contributed by atoms with van der Waals surface area (Å²) in [6.45, 7) is 0. The van der Waals surface area contributed by atoms with E-state index in [1.165, 1.54) is 5.32 Å². The van der Waals surface area contributed by atoms with Crippen molar-refractivity contribution in [3.8, 4) is 12.1 Å². The molecule has 2 rings (SSSR count). The molecule has 0 aliphatic rings. The van der Waals surface area contributed by atoms with Crippen LogP contribution in [-0.2, 0) is 0 Å². The van der Waals surface area contributed by atoms with Crippen LogP contribution in [0.15, 0.2) is 6.07 Å². The summed E-state index contributed by atoms with van der Waals surface area (Å²) in [6, 6.07) is 1.99. The van der Waals surface area contributed by atoms with Crippen LogP contribution in [0.1, 0.15) is 11.1 Å². The number of nitrogens with zero attached hydrogens (tertiary/aromatic N) is 2. The highest BCUT2D eigenvalue weighted by atomic mass is 19.2. The zero-order valence-electron chi connectivity index (χ0n) is 11.1. The van der Waals surface area contributed by atoms with Gasteiger partial charge in [-0.15, -0.1) is 0 Å². The molecule has 0 fully saturated rings. The van der Waals surface area contributed by atoms with Crippen LogP contribution in [0.25, 0.3) is 0 Å². The first-order chi connectivity index (χ1) is 11.2. The number of anilines is 2. The van der Waals surface area contributed by atoms with Crippen molar-refractivity contribution in [3.63, 3.8) is 0 Å². The van der Waals surface area contributed by atoms with E-state index in [-0.39, 0.29) is 6.07 Å². The number of benzene rings is 2. The van der Waals surface area contributed by atoms with Gasteiger partial charge in [-0.05, 0) is 0 Å². The summed E-state index contributed by atoms with van der Waals surface area (Å²) in [5.41, 5.74) is -5.76. The predicted octanol–water partition coefficient (Wildman–Crippen LogP) is 4.15. The van der Waals surface area contributed by atoms with Crippen molar-refractivity contribution in [2.45, 2.75) is 0 Å². The van der Waals surface area contributed by atoms with Crippen molar-refractivity contribution in [2.75, 3.05) is 5.32 Å². The van der Waals surface area contributed by atoms with Gasteiger partial charge in [-0.2, -0.15) is 10.5 Å². The number of halogens is 7. The molecule has 0 saturated heterocycles. The molecule has 0 unspecified atom stereocenters. The normalized spacial score (nSPS) is 10.2. The Morgan fingerprint density at radius 3 is 1.50 bits per heavy atom. The second kappa shape index (κ2) is 6.08. The Morgan fingerprint density at radius 1 is 0.625 bits per heavy atom. The molecule has 0 saturated carbocycles. The Balaban J connectivity index is 2.77. The molecule has 0 radical (unpaired) electrons. The summed E-state index contributed by atoms with van der Waals surface area (Å²) in [4.78, 5) is 0. The van der Waals surface area contributed by atoms with Gasteiger partial charge in [0.1, 0.15) is 34.6 Å². The van der Waals surface area contributed by atoms with Crippen LogP contribution >= 0.6 is 0 Å². The number of hydrogen-bond acceptors (Lipinski definition) is 3. The van der Waals surface area contributed by atoms with Crippen molar-refractivity contribution >= 4 is 11.4 Å². The quantitative estimate of drug-likeness (QED) is 0.657. The van der Waals surface area contributed by atoms with Crippen LogP contribution in [0.5, 0.6) is 0 Å². The molecule has 3 nitrogen and oxygen atoms in total. The maximum absolute atomic E-state index is 14.0. The average Bonchev–Trinajstić information content (AvgIpc) is 2.55. The highest BCUT2D eigenvalue weighted by Gasteiger charge is 2.28. The van der Waals surface area contributed by atoms with E-state index < -0.39 is 63.2 Å². The fourth-order valence-corrected chi connectivity index (χ4v) is 1.79. The van der Waals surface area contributed by atoms with E-state index in [1.807, 2.05) is 0 Å². The molecule has 0 spiro atoms. The minimum absolute atomic E-state index is 0.150. The van der Waals surface area contributed by atoms with Gasteiger partial charge in [0.05, 0.1) is 0 Å². The van der Waals surface area contributed by atoms with E-state index in [4.69, 9.17) is 10.5 Å². The fourth-order valence-electron chi connectivity index (χ4n) is 1.79. The minimum atomic E-state index is -2.11. The summed E-state index contributed by atoms with van der Waals surface area (Å²) in [6.07, 6.45) is 0. The Bertz CT molecular complexity index is 915. The second-order valence-corrected chi connectivity index (χ2v) is 4.26. The number of rotatable bonds is 2. The third-order valence-electron chi connectivity index (χ3n) is 2.91. The van der Waals surface area contributed by atoms with E-state index in [2.05, 4.69) is 0 Å². The molecule has 2 aromatic rings. The lowest BCUT2D eigenvalue weighted by molar-refractivity contribution is 0.458. The Hall–Kier alpha value is -3.27. The molecule has 1 N–H and O–H groups in total. The molecule has 0 heterocycles. The van der Waals surface area contributed by atoms with Crippen LogP contribution in [-0.4, -0.2) is 0 Å². The summed E-state index contributed by atoms with van der Waals surface area (Å²) < 4.78 is 94.7. The van der Waals surface area contributed by atoms with Crippen molar-refractivity contribution < 1.29 is 30.7 Å². The molecule has 10 heteroatoms. The molecule has 2 aromatic carbocycles.